The van der Waals surface area contributed by atoms with Crippen molar-refractivity contribution in [3.8, 4) is 0 Å². The Morgan fingerprint density at radius 1 is 1.39 bits per heavy atom. The van der Waals surface area contributed by atoms with Crippen molar-refractivity contribution in [2.45, 2.75) is 39.7 Å². The van der Waals surface area contributed by atoms with Crippen LogP contribution in [0.1, 0.15) is 37.8 Å². The maximum atomic E-state index is 3.56. The van der Waals surface area contributed by atoms with Gasteiger partial charge in [-0.3, -0.25) is 0 Å². The third kappa shape index (κ3) is 3.26. The van der Waals surface area contributed by atoms with E-state index in [0.29, 0.717) is 0 Å². The van der Waals surface area contributed by atoms with Gasteiger partial charge in [-0.05, 0) is 42.5 Å². The highest BCUT2D eigenvalue weighted by molar-refractivity contribution is 5.56. The lowest BCUT2D eigenvalue weighted by atomic mass is 9.99. The molecule has 0 radical (unpaired) electrons. The molecule has 0 saturated carbocycles. The van der Waals surface area contributed by atoms with E-state index < -0.39 is 0 Å². The quantitative estimate of drug-likeness (QED) is 0.858. The first-order valence-electron chi connectivity index (χ1n) is 7.24. The first-order chi connectivity index (χ1) is 8.70. The van der Waals surface area contributed by atoms with Crippen molar-refractivity contribution in [2.24, 2.45) is 5.92 Å². The van der Waals surface area contributed by atoms with Crippen LogP contribution >= 0.6 is 0 Å². The average molecular weight is 246 g/mol. The number of rotatable bonds is 5. The number of benzene rings is 1. The van der Waals surface area contributed by atoms with E-state index in [2.05, 4.69) is 49.3 Å². The van der Waals surface area contributed by atoms with E-state index in [1.54, 1.807) is 0 Å². The summed E-state index contributed by atoms with van der Waals surface area (Å²) in [4.78, 5) is 2.37. The van der Waals surface area contributed by atoms with Gasteiger partial charge in [0.1, 0.15) is 0 Å². The third-order valence-corrected chi connectivity index (χ3v) is 4.01. The predicted octanol–water partition coefficient (Wildman–Crippen LogP) is 3.20. The zero-order valence-corrected chi connectivity index (χ0v) is 12.0. The van der Waals surface area contributed by atoms with Crippen LogP contribution < -0.4 is 10.2 Å². The summed E-state index contributed by atoms with van der Waals surface area (Å²) < 4.78 is 0. The molecule has 0 fully saturated rings. The van der Waals surface area contributed by atoms with Crippen molar-refractivity contribution in [2.75, 3.05) is 25.0 Å². The van der Waals surface area contributed by atoms with E-state index in [0.717, 1.165) is 19.0 Å². The molecule has 0 bridgehead atoms. The Morgan fingerprint density at radius 3 is 3.00 bits per heavy atom. The van der Waals surface area contributed by atoms with E-state index in [-0.39, 0.29) is 0 Å². The molecule has 0 aromatic heterocycles. The molecule has 1 aromatic rings. The fraction of sp³-hybridized carbons (Fsp3) is 0.625. The van der Waals surface area contributed by atoms with Gasteiger partial charge in [-0.15, -0.1) is 0 Å². The van der Waals surface area contributed by atoms with E-state index in [9.17, 15) is 0 Å². The molecule has 0 aliphatic carbocycles. The van der Waals surface area contributed by atoms with Crippen LogP contribution in [0.2, 0.25) is 0 Å². The Morgan fingerprint density at radius 2 is 2.22 bits per heavy atom. The Kier molecular flexibility index (Phi) is 4.65. The van der Waals surface area contributed by atoms with Crippen molar-refractivity contribution in [3.05, 3.63) is 29.3 Å². The van der Waals surface area contributed by atoms with Crippen LogP contribution in [0.15, 0.2) is 18.2 Å². The molecule has 1 aliphatic rings. The summed E-state index contributed by atoms with van der Waals surface area (Å²) in [6, 6.07) is 6.94. The molecule has 100 valence electrons. The lowest BCUT2D eigenvalue weighted by Gasteiger charge is -2.28. The molecule has 18 heavy (non-hydrogen) atoms. The van der Waals surface area contributed by atoms with Gasteiger partial charge in [-0.25, -0.2) is 0 Å². The first kappa shape index (κ1) is 13.4. The number of hydrogen-bond acceptors (Lipinski definition) is 2. The molecule has 1 atom stereocenters. The highest BCUT2D eigenvalue weighted by atomic mass is 15.1. The van der Waals surface area contributed by atoms with E-state index in [1.807, 2.05) is 0 Å². The summed E-state index contributed by atoms with van der Waals surface area (Å²) in [6.45, 7) is 7.86. The maximum absolute atomic E-state index is 3.56. The minimum absolute atomic E-state index is 0.772. The number of nitrogens with one attached hydrogen (secondary N) is 1. The molecule has 0 amide bonds. The molecule has 1 aliphatic heterocycles. The molecule has 0 saturated heterocycles. The minimum atomic E-state index is 0.772. The largest absolute Gasteiger partial charge is 0.374 e. The standard InChI is InChI=1S/C16H26N2/c1-4-13(2)11-17-12-14-7-8-16-15(10-14)6-5-9-18(16)3/h7-8,10,13,17H,4-6,9,11-12H2,1-3H3. The maximum Gasteiger partial charge on any atom is 0.0396 e. The summed E-state index contributed by atoms with van der Waals surface area (Å²) in [6.07, 6.45) is 3.77. The first-order valence-corrected chi connectivity index (χ1v) is 7.24. The van der Waals surface area contributed by atoms with Crippen LogP contribution in [0.3, 0.4) is 0 Å². The van der Waals surface area contributed by atoms with Gasteiger partial charge in [0.2, 0.25) is 0 Å². The summed E-state index contributed by atoms with van der Waals surface area (Å²) >= 11 is 0. The predicted molar refractivity (Wildman–Crippen MR) is 79.2 cm³/mol. The number of aryl methyl sites for hydroxylation is 1. The smallest absolute Gasteiger partial charge is 0.0396 e. The highest BCUT2D eigenvalue weighted by Crippen LogP contribution is 2.26. The van der Waals surface area contributed by atoms with Gasteiger partial charge >= 0.3 is 0 Å². The molecule has 1 unspecified atom stereocenters. The SMILES string of the molecule is CCC(C)CNCc1ccc2c(c1)CCCN2C. The summed E-state index contributed by atoms with van der Waals surface area (Å²) in [5.41, 5.74) is 4.37. The average Bonchev–Trinajstić information content (AvgIpc) is 2.38. The zero-order valence-electron chi connectivity index (χ0n) is 12.0. The van der Waals surface area contributed by atoms with Gasteiger partial charge in [-0.2, -0.15) is 0 Å². The van der Waals surface area contributed by atoms with Crippen molar-refractivity contribution in [1.29, 1.82) is 0 Å². The topological polar surface area (TPSA) is 15.3 Å². The summed E-state index contributed by atoms with van der Waals surface area (Å²) in [7, 11) is 2.19. The lowest BCUT2D eigenvalue weighted by molar-refractivity contribution is 0.500. The van der Waals surface area contributed by atoms with Gasteiger partial charge in [-0.1, -0.05) is 32.4 Å². The van der Waals surface area contributed by atoms with Crippen molar-refractivity contribution in [3.63, 3.8) is 0 Å². The molecule has 1 N–H and O–H groups in total. The Balaban J connectivity index is 1.94. The summed E-state index contributed by atoms with van der Waals surface area (Å²) in [5.74, 6) is 0.772. The minimum Gasteiger partial charge on any atom is -0.374 e. The van der Waals surface area contributed by atoms with Gasteiger partial charge in [0.05, 0.1) is 0 Å². The number of hydrogen-bond donors (Lipinski definition) is 1. The second kappa shape index (κ2) is 6.24. The monoisotopic (exact) mass is 246 g/mol. The normalized spacial score (nSPS) is 16.5. The van der Waals surface area contributed by atoms with Crippen molar-refractivity contribution >= 4 is 5.69 Å². The number of fused-ring (bicyclic) bond motifs is 1. The number of anilines is 1. The molecular formula is C16H26N2. The Hall–Kier alpha value is -1.02. The molecule has 2 nitrogen and oxygen atoms in total. The van der Waals surface area contributed by atoms with Crippen molar-refractivity contribution < 1.29 is 0 Å². The number of nitrogens with zero attached hydrogens (tertiary/aromatic N) is 1. The molecule has 0 spiro atoms. The Bertz CT molecular complexity index is 387. The highest BCUT2D eigenvalue weighted by Gasteiger charge is 2.13. The van der Waals surface area contributed by atoms with Gasteiger partial charge in [0.25, 0.3) is 0 Å². The second-order valence-electron chi connectivity index (χ2n) is 5.63. The molecule has 2 heteroatoms. The van der Waals surface area contributed by atoms with Gasteiger partial charge < -0.3 is 10.2 Å². The van der Waals surface area contributed by atoms with E-state index in [1.165, 1.54) is 42.6 Å². The van der Waals surface area contributed by atoms with Crippen LogP contribution in [0, 0.1) is 5.92 Å². The Labute approximate surface area is 111 Å². The molecular weight excluding hydrogens is 220 g/mol. The molecule has 2 rings (SSSR count). The van der Waals surface area contributed by atoms with Crippen molar-refractivity contribution in [1.82, 2.24) is 5.32 Å². The van der Waals surface area contributed by atoms with Crippen LogP contribution in [0.25, 0.3) is 0 Å². The van der Waals surface area contributed by atoms with Crippen LogP contribution in [-0.4, -0.2) is 20.1 Å². The molecule has 1 heterocycles. The van der Waals surface area contributed by atoms with Crippen LogP contribution in [0.5, 0.6) is 0 Å². The fourth-order valence-electron chi connectivity index (χ4n) is 2.56. The summed E-state index contributed by atoms with van der Waals surface area (Å²) in [5, 5.41) is 3.56. The van der Waals surface area contributed by atoms with E-state index >= 15 is 0 Å². The molecule has 1 aromatic carbocycles. The van der Waals surface area contributed by atoms with Crippen LogP contribution in [0.4, 0.5) is 5.69 Å². The lowest BCUT2D eigenvalue weighted by Crippen LogP contribution is -2.25. The zero-order chi connectivity index (χ0) is 13.0. The second-order valence-corrected chi connectivity index (χ2v) is 5.63. The van der Waals surface area contributed by atoms with Gasteiger partial charge in [0.15, 0.2) is 0 Å². The fourth-order valence-corrected chi connectivity index (χ4v) is 2.56. The van der Waals surface area contributed by atoms with Gasteiger partial charge in [0, 0.05) is 25.8 Å². The van der Waals surface area contributed by atoms with Crippen LogP contribution in [-0.2, 0) is 13.0 Å². The third-order valence-electron chi connectivity index (χ3n) is 4.01. The van der Waals surface area contributed by atoms with E-state index in [4.69, 9.17) is 0 Å².